The second kappa shape index (κ2) is 21.4. The van der Waals surface area contributed by atoms with E-state index >= 15 is 0 Å². The van der Waals surface area contributed by atoms with Gasteiger partial charge in [0.25, 0.3) is 0 Å². The molecule has 46 heavy (non-hydrogen) atoms. The summed E-state index contributed by atoms with van der Waals surface area (Å²) in [4.78, 5) is 25.6. The van der Waals surface area contributed by atoms with Gasteiger partial charge in [-0.25, -0.2) is 0 Å². The number of halogens is 1. The van der Waals surface area contributed by atoms with Gasteiger partial charge in [-0.1, -0.05) is 77.6 Å². The van der Waals surface area contributed by atoms with E-state index in [0.717, 1.165) is 28.8 Å². The van der Waals surface area contributed by atoms with E-state index in [9.17, 15) is 9.59 Å². The minimum atomic E-state index is -3.22. The summed E-state index contributed by atoms with van der Waals surface area (Å²) in [5.41, 5.74) is 0. The number of alkyl carbamates (subject to hydrolysis) is 1. The predicted molar refractivity (Wildman–Crippen MR) is 203 cm³/mol. The molecule has 1 N–H and O–H groups in total. The summed E-state index contributed by atoms with van der Waals surface area (Å²) in [5.74, 6) is -0.326. The Morgan fingerprint density at radius 1 is 0.565 bits per heavy atom. The molecule has 0 spiro atoms. The quantitative estimate of drug-likeness (QED) is 0.0787. The van der Waals surface area contributed by atoms with Gasteiger partial charge in [-0.2, -0.15) is 0 Å². The van der Waals surface area contributed by atoms with E-state index in [1.165, 1.54) is 89.9 Å². The molecule has 6 heteroatoms. The molecular weight excluding hydrogens is 653 g/mol. The van der Waals surface area contributed by atoms with Crippen LogP contribution in [0.5, 0.6) is 0 Å². The van der Waals surface area contributed by atoms with Crippen molar-refractivity contribution in [2.24, 2.45) is 0 Å². The van der Waals surface area contributed by atoms with Gasteiger partial charge in [0.15, 0.2) is 0 Å². The van der Waals surface area contributed by atoms with Crippen LogP contribution < -0.4 is 21.2 Å². The van der Waals surface area contributed by atoms with Gasteiger partial charge in [0.05, 0.1) is 0 Å². The molecule has 0 saturated carbocycles. The topological polar surface area (TPSA) is 55.4 Å². The average molecular weight is 711 g/mol. The predicted octanol–water partition coefficient (Wildman–Crippen LogP) is 10.7. The van der Waals surface area contributed by atoms with E-state index in [1.807, 2.05) is 54.6 Å². The van der Waals surface area contributed by atoms with Crippen LogP contribution in [0.15, 0.2) is 91.0 Å². The van der Waals surface area contributed by atoms with Gasteiger partial charge in [0.2, 0.25) is 0 Å². The monoisotopic (exact) mass is 709 g/mol. The first-order valence-electron chi connectivity index (χ1n) is 17.8. The first-order valence-corrected chi connectivity index (χ1v) is 22.3. The number of amides is 2. The van der Waals surface area contributed by atoms with Gasteiger partial charge < -0.3 is 0 Å². The summed E-state index contributed by atoms with van der Waals surface area (Å²) in [5, 5.41) is 2.69. The van der Waals surface area contributed by atoms with E-state index in [-0.39, 0.29) is 12.3 Å². The molecule has 0 atom stereocenters. The van der Waals surface area contributed by atoms with Gasteiger partial charge in [0.1, 0.15) is 0 Å². The van der Waals surface area contributed by atoms with Crippen molar-refractivity contribution < 1.29 is 14.3 Å². The number of carbonyl (C=O) groups excluding carboxylic acids is 2. The molecule has 0 aromatic heterocycles. The Kier molecular flexibility index (Phi) is 17.7. The first-order chi connectivity index (χ1) is 22.5. The Labute approximate surface area is 287 Å². The maximum absolute atomic E-state index is 13.1. The number of benzene rings is 3. The van der Waals surface area contributed by atoms with Crippen molar-refractivity contribution in [1.29, 1.82) is 0 Å². The first kappa shape index (κ1) is 38.0. The van der Waals surface area contributed by atoms with Crippen LogP contribution in [0.1, 0.15) is 116 Å². The van der Waals surface area contributed by atoms with E-state index in [0.29, 0.717) is 12.8 Å². The zero-order valence-electron chi connectivity index (χ0n) is 28.1. The third-order valence-corrected chi connectivity index (χ3v) is 19.1. The fourth-order valence-corrected chi connectivity index (χ4v) is 13.7. The molecule has 2 amide bonds. The van der Waals surface area contributed by atoms with Crippen LogP contribution in [0.2, 0.25) is 0 Å². The van der Waals surface area contributed by atoms with Crippen molar-refractivity contribution in [3.05, 3.63) is 91.0 Å². The van der Waals surface area contributed by atoms with Crippen molar-refractivity contribution in [3.8, 4) is 0 Å². The molecular formula is C40H57BrNO3P. The molecule has 0 aliphatic rings. The average Bonchev–Trinajstić information content (AvgIpc) is 3.10. The third-order valence-electron chi connectivity index (χ3n) is 9.11. The van der Waals surface area contributed by atoms with Crippen molar-refractivity contribution >= 4 is 48.7 Å². The summed E-state index contributed by atoms with van der Waals surface area (Å²) in [7, 11) is 0. The minimum absolute atomic E-state index is 0.176. The molecule has 0 unspecified atom stereocenters. The summed E-state index contributed by atoms with van der Waals surface area (Å²) in [6, 6.07) is 31.1. The number of carbonyl (C=O) groups is 2. The summed E-state index contributed by atoms with van der Waals surface area (Å²) in [6.45, 7) is 2.62. The molecule has 252 valence electrons. The number of ether oxygens (including phenoxy) is 1. The molecule has 0 bridgehead atoms. The molecule has 0 heterocycles. The Morgan fingerprint density at radius 3 is 1.28 bits per heavy atom. The zero-order chi connectivity index (χ0) is 32.8. The van der Waals surface area contributed by atoms with Crippen LogP contribution in [-0.2, 0) is 9.53 Å². The second-order valence-corrected chi connectivity index (χ2v) is 21.7. The molecule has 0 fully saturated rings. The van der Waals surface area contributed by atoms with Crippen LogP contribution in [0.25, 0.3) is 0 Å². The van der Waals surface area contributed by atoms with Crippen molar-refractivity contribution in [1.82, 2.24) is 5.32 Å². The number of imide groups is 1. The van der Waals surface area contributed by atoms with Crippen LogP contribution in [0, 0.1) is 0 Å². The maximum atomic E-state index is 13.1. The molecule has 4 nitrogen and oxygen atoms in total. The Bertz CT molecular complexity index is 1160. The van der Waals surface area contributed by atoms with Crippen molar-refractivity contribution in [2.75, 3.05) is 12.8 Å². The SMILES string of the molecule is CCCCCCCCCCCCCCCCCCOC(=O)NC(=O)CCP(Br)(c1ccccc1)(c1ccccc1)c1ccccc1. The number of unbranched alkanes of at least 4 members (excludes halogenated alkanes) is 15. The molecule has 0 aliphatic carbocycles. The van der Waals surface area contributed by atoms with E-state index in [4.69, 9.17) is 4.74 Å². The fraction of sp³-hybridized carbons (Fsp3) is 0.500. The third kappa shape index (κ3) is 11.9. The Balaban J connectivity index is 1.36. The van der Waals surface area contributed by atoms with Gasteiger partial charge in [-0.05, 0) is 0 Å². The van der Waals surface area contributed by atoms with E-state index in [2.05, 4.69) is 64.1 Å². The molecule has 0 radical (unpaired) electrons. The van der Waals surface area contributed by atoms with Crippen LogP contribution in [0.4, 0.5) is 4.79 Å². The van der Waals surface area contributed by atoms with Gasteiger partial charge in [-0.15, -0.1) is 0 Å². The molecule has 0 saturated heterocycles. The van der Waals surface area contributed by atoms with E-state index in [1.54, 1.807) is 0 Å². The van der Waals surface area contributed by atoms with Crippen LogP contribution in [-0.4, -0.2) is 24.8 Å². The van der Waals surface area contributed by atoms with Gasteiger partial charge in [-0.3, -0.25) is 0 Å². The summed E-state index contributed by atoms with van der Waals surface area (Å²) < 4.78 is 5.37. The number of rotatable bonds is 23. The number of hydrogen-bond acceptors (Lipinski definition) is 3. The van der Waals surface area contributed by atoms with E-state index < -0.39 is 11.4 Å². The normalized spacial score (nSPS) is 12.3. The zero-order valence-corrected chi connectivity index (χ0v) is 30.6. The van der Waals surface area contributed by atoms with Crippen LogP contribution in [0.3, 0.4) is 0 Å². The molecule has 3 rings (SSSR count). The molecule has 3 aromatic rings. The van der Waals surface area contributed by atoms with Crippen molar-refractivity contribution in [3.63, 3.8) is 0 Å². The van der Waals surface area contributed by atoms with Crippen LogP contribution >= 0.6 is 20.8 Å². The van der Waals surface area contributed by atoms with Crippen molar-refractivity contribution in [2.45, 2.75) is 116 Å². The fourth-order valence-electron chi connectivity index (χ4n) is 6.39. The van der Waals surface area contributed by atoms with Gasteiger partial charge in [0, 0.05) is 0 Å². The summed E-state index contributed by atoms with van der Waals surface area (Å²) >= 11 is 4.35. The standard InChI is InChI=1S/C40H57BrNO3P/c1-2-3-4-5-6-7-8-9-10-11-12-13-14-15-16-26-34-45-40(44)42-39(43)33-35-46(41,36-27-20-17-21-28-36,37-29-22-18-23-30-37)38-31-24-19-25-32-38/h17-25,27-32H,2-16,26,33-35H2,1H3,(H,42,43,44). The molecule has 0 aliphatic heterocycles. The Hall–Kier alpha value is -2.49. The summed E-state index contributed by atoms with van der Waals surface area (Å²) in [6.07, 6.45) is 20.9. The Morgan fingerprint density at radius 2 is 0.913 bits per heavy atom. The number of hydrogen-bond donors (Lipinski definition) is 1. The number of nitrogens with one attached hydrogen (secondary N) is 1. The van der Waals surface area contributed by atoms with Gasteiger partial charge >= 0.3 is 211 Å². The molecule has 3 aromatic carbocycles. The second-order valence-electron chi connectivity index (χ2n) is 12.7.